The molecule has 1 N–H and O–H groups in total. The van der Waals surface area contributed by atoms with Crippen molar-refractivity contribution in [2.45, 2.75) is 24.3 Å². The van der Waals surface area contributed by atoms with E-state index in [0.29, 0.717) is 22.8 Å². The van der Waals surface area contributed by atoms with E-state index in [1.807, 2.05) is 20.2 Å². The van der Waals surface area contributed by atoms with Crippen molar-refractivity contribution in [1.82, 2.24) is 9.62 Å². The van der Waals surface area contributed by atoms with E-state index in [2.05, 4.69) is 45.8 Å². The van der Waals surface area contributed by atoms with E-state index in [-0.39, 0.29) is 6.04 Å². The second kappa shape index (κ2) is 6.98. The van der Waals surface area contributed by atoms with Crippen molar-refractivity contribution < 1.29 is 8.42 Å². The van der Waals surface area contributed by atoms with Gasteiger partial charge in [0.15, 0.2) is 0 Å². The second-order valence-corrected chi connectivity index (χ2v) is 8.02. The molecule has 0 saturated heterocycles. The minimum absolute atomic E-state index is 0.0793. The molecule has 6 heteroatoms. The Hall–Kier alpha value is -2.18. The first-order valence-electron chi connectivity index (χ1n) is 8.34. The van der Waals surface area contributed by atoms with Crippen LogP contribution < -0.4 is 4.72 Å². The maximum absolute atomic E-state index is 12.2. The third-order valence-electron chi connectivity index (χ3n) is 4.48. The smallest absolute Gasteiger partial charge is 0.263 e. The number of nitrogens with zero attached hydrogens (tertiary/aromatic N) is 2. The van der Waals surface area contributed by atoms with E-state index in [4.69, 9.17) is 0 Å². The molecule has 1 aliphatic heterocycles. The van der Waals surface area contributed by atoms with Crippen LogP contribution in [0.2, 0.25) is 0 Å². The molecule has 3 rings (SSSR count). The summed E-state index contributed by atoms with van der Waals surface area (Å²) in [7, 11) is 0.520. The first-order chi connectivity index (χ1) is 11.9. The monoisotopic (exact) mass is 357 g/mol. The van der Waals surface area contributed by atoms with Crippen molar-refractivity contribution in [1.29, 1.82) is 0 Å². The molecule has 0 saturated carbocycles. The number of hydrogen-bond acceptors (Lipinski definition) is 4. The number of likely N-dealkylation sites (N-methyl/N-ethyl adjacent to an activating group) is 1. The standard InChI is InChI=1S/C19H23N3O2S/c1-4-14-9-11-15(12-10-14)17(22(2)3)13-20-19-16-7-5-6-8-18(16)25(23,24)21-19/h5-12,17H,4,13H2,1-3H3,(H,20,21)/t17-/m1/s1. The number of aryl methyl sites for hydroxylation is 1. The molecule has 0 aliphatic carbocycles. The number of fused-ring (bicyclic) bond motifs is 1. The predicted molar refractivity (Wildman–Crippen MR) is 100 cm³/mol. The van der Waals surface area contributed by atoms with Crippen molar-refractivity contribution in [2.75, 3.05) is 20.6 Å². The molecule has 0 fully saturated rings. The molecule has 1 atom stereocenters. The summed E-state index contributed by atoms with van der Waals surface area (Å²) in [4.78, 5) is 6.98. The van der Waals surface area contributed by atoms with Gasteiger partial charge >= 0.3 is 0 Å². The van der Waals surface area contributed by atoms with Crippen LogP contribution in [0.25, 0.3) is 0 Å². The average molecular weight is 357 g/mol. The minimum atomic E-state index is -3.49. The van der Waals surface area contributed by atoms with Gasteiger partial charge in [-0.25, -0.2) is 8.42 Å². The highest BCUT2D eigenvalue weighted by molar-refractivity contribution is 7.90. The summed E-state index contributed by atoms with van der Waals surface area (Å²) in [6, 6.07) is 15.5. The molecule has 0 unspecified atom stereocenters. The van der Waals surface area contributed by atoms with Crippen LogP contribution in [-0.4, -0.2) is 39.8 Å². The van der Waals surface area contributed by atoms with E-state index in [1.54, 1.807) is 18.2 Å². The van der Waals surface area contributed by atoms with Crippen molar-refractivity contribution in [3.8, 4) is 0 Å². The Kier molecular flexibility index (Phi) is 4.92. The molecule has 0 bridgehead atoms. The Balaban J connectivity index is 1.88. The lowest BCUT2D eigenvalue weighted by Gasteiger charge is -2.23. The van der Waals surface area contributed by atoms with E-state index in [1.165, 1.54) is 11.1 Å². The fraction of sp³-hybridized carbons (Fsp3) is 0.316. The quantitative estimate of drug-likeness (QED) is 0.895. The highest BCUT2D eigenvalue weighted by Gasteiger charge is 2.30. The van der Waals surface area contributed by atoms with Crippen LogP contribution in [0, 0.1) is 0 Å². The van der Waals surface area contributed by atoms with Crippen LogP contribution in [0.15, 0.2) is 58.4 Å². The number of rotatable bonds is 5. The molecule has 2 aromatic carbocycles. The average Bonchev–Trinajstić information content (AvgIpc) is 2.86. The summed E-state index contributed by atoms with van der Waals surface area (Å²) in [6.45, 7) is 2.61. The topological polar surface area (TPSA) is 61.8 Å². The van der Waals surface area contributed by atoms with Crippen LogP contribution >= 0.6 is 0 Å². The number of hydrogen-bond donors (Lipinski definition) is 1. The van der Waals surface area contributed by atoms with Crippen molar-refractivity contribution in [3.63, 3.8) is 0 Å². The third kappa shape index (κ3) is 3.60. The summed E-state index contributed by atoms with van der Waals surface area (Å²) in [6.07, 6.45) is 1.01. The third-order valence-corrected chi connectivity index (χ3v) is 5.88. The lowest BCUT2D eigenvalue weighted by atomic mass is 10.0. The normalized spacial score (nSPS) is 18.2. The Morgan fingerprint density at radius 1 is 1.08 bits per heavy atom. The summed E-state index contributed by atoms with van der Waals surface area (Å²) in [5.41, 5.74) is 3.10. The number of amidine groups is 1. The molecular weight excluding hydrogens is 334 g/mol. The molecule has 1 heterocycles. The summed E-state index contributed by atoms with van der Waals surface area (Å²) < 4.78 is 26.9. The number of benzene rings is 2. The number of sulfonamides is 1. The highest BCUT2D eigenvalue weighted by atomic mass is 32.2. The van der Waals surface area contributed by atoms with Gasteiger partial charge in [0, 0.05) is 5.56 Å². The first kappa shape index (κ1) is 17.6. The fourth-order valence-corrected chi connectivity index (χ4v) is 4.22. The highest BCUT2D eigenvalue weighted by Crippen LogP contribution is 2.24. The van der Waals surface area contributed by atoms with Gasteiger partial charge in [-0.2, -0.15) is 0 Å². The Morgan fingerprint density at radius 2 is 1.76 bits per heavy atom. The van der Waals surface area contributed by atoms with Crippen LogP contribution in [0.5, 0.6) is 0 Å². The lowest BCUT2D eigenvalue weighted by molar-refractivity contribution is 0.306. The number of aliphatic imine (C=N–C) groups is 1. The van der Waals surface area contributed by atoms with Gasteiger partial charge in [0.05, 0.1) is 17.5 Å². The lowest BCUT2D eigenvalue weighted by Crippen LogP contribution is -2.26. The molecule has 0 amide bonds. The van der Waals surface area contributed by atoms with E-state index in [9.17, 15) is 8.42 Å². The number of nitrogens with one attached hydrogen (secondary N) is 1. The second-order valence-electron chi connectivity index (χ2n) is 6.37. The Bertz CT molecular complexity index is 887. The SMILES string of the molecule is CCc1ccc([C@@H](CN=C2NS(=O)(=O)c3ccccc32)N(C)C)cc1. The largest absolute Gasteiger partial charge is 0.301 e. The zero-order valence-electron chi connectivity index (χ0n) is 14.7. The van der Waals surface area contributed by atoms with Crippen LogP contribution in [0.3, 0.4) is 0 Å². The molecule has 2 aromatic rings. The van der Waals surface area contributed by atoms with Crippen LogP contribution in [0.1, 0.15) is 29.7 Å². The van der Waals surface area contributed by atoms with Gasteiger partial charge in [-0.1, -0.05) is 43.3 Å². The Labute approximate surface area is 149 Å². The fourth-order valence-electron chi connectivity index (χ4n) is 2.97. The van der Waals surface area contributed by atoms with E-state index >= 15 is 0 Å². The van der Waals surface area contributed by atoms with Gasteiger partial charge in [-0.05, 0) is 43.8 Å². The maximum atomic E-state index is 12.2. The molecule has 0 radical (unpaired) electrons. The van der Waals surface area contributed by atoms with Crippen molar-refractivity contribution in [2.24, 2.45) is 4.99 Å². The van der Waals surface area contributed by atoms with Gasteiger partial charge in [0.2, 0.25) is 0 Å². The van der Waals surface area contributed by atoms with Crippen molar-refractivity contribution in [3.05, 3.63) is 65.2 Å². The molecular formula is C19H23N3O2S. The zero-order valence-corrected chi connectivity index (χ0v) is 15.5. The molecule has 25 heavy (non-hydrogen) atoms. The Morgan fingerprint density at radius 3 is 2.40 bits per heavy atom. The van der Waals surface area contributed by atoms with Gasteiger partial charge in [0.1, 0.15) is 5.84 Å². The summed E-state index contributed by atoms with van der Waals surface area (Å²) >= 11 is 0. The van der Waals surface area contributed by atoms with Gasteiger partial charge in [-0.15, -0.1) is 0 Å². The molecule has 0 spiro atoms. The first-order valence-corrected chi connectivity index (χ1v) is 9.82. The van der Waals surface area contributed by atoms with Gasteiger partial charge in [-0.3, -0.25) is 9.71 Å². The molecule has 1 aliphatic rings. The van der Waals surface area contributed by atoms with Crippen molar-refractivity contribution >= 4 is 15.9 Å². The molecule has 5 nitrogen and oxygen atoms in total. The maximum Gasteiger partial charge on any atom is 0.263 e. The summed E-state index contributed by atoms with van der Waals surface area (Å²) in [5.74, 6) is 0.424. The minimum Gasteiger partial charge on any atom is -0.301 e. The summed E-state index contributed by atoms with van der Waals surface area (Å²) in [5, 5.41) is 0. The van der Waals surface area contributed by atoms with Gasteiger partial charge < -0.3 is 4.90 Å². The van der Waals surface area contributed by atoms with E-state index in [0.717, 1.165) is 6.42 Å². The van der Waals surface area contributed by atoms with Gasteiger partial charge in [0.25, 0.3) is 10.0 Å². The van der Waals surface area contributed by atoms with E-state index < -0.39 is 10.0 Å². The molecule has 132 valence electrons. The molecule has 0 aromatic heterocycles. The van der Waals surface area contributed by atoms with Crippen LogP contribution in [-0.2, 0) is 16.4 Å². The van der Waals surface area contributed by atoms with Crippen LogP contribution in [0.4, 0.5) is 0 Å². The predicted octanol–water partition coefficient (Wildman–Crippen LogP) is 2.59. The zero-order chi connectivity index (χ0) is 18.0.